The van der Waals surface area contributed by atoms with Gasteiger partial charge in [-0.15, -0.1) is 22.9 Å². The molecule has 0 saturated heterocycles. The Kier molecular flexibility index (Phi) is 5.54. The number of thiophene rings is 1. The van der Waals surface area contributed by atoms with Crippen LogP contribution in [0.15, 0.2) is 14.1 Å². The van der Waals surface area contributed by atoms with E-state index in [9.17, 15) is 8.42 Å². The second-order valence-corrected chi connectivity index (χ2v) is 8.38. The minimum atomic E-state index is -3.47. The monoisotopic (exact) mass is 365 g/mol. The molecule has 0 aliphatic carbocycles. The minimum Gasteiger partial charge on any atom is -0.210 e. The maximum atomic E-state index is 11.8. The van der Waals surface area contributed by atoms with Crippen LogP contribution in [0.4, 0.5) is 0 Å². The summed E-state index contributed by atoms with van der Waals surface area (Å²) in [6.45, 7) is 2.19. The maximum absolute atomic E-state index is 11.8. The number of alkyl halides is 1. The molecule has 0 aromatic carbocycles. The highest BCUT2D eigenvalue weighted by molar-refractivity contribution is 9.11. The largest absolute Gasteiger partial charge is 0.250 e. The zero-order valence-corrected chi connectivity index (χ0v) is 13.1. The number of rotatable bonds is 5. The molecule has 0 fully saturated rings. The minimum absolute atomic E-state index is 0.0929. The first-order chi connectivity index (χ1) is 7.36. The molecule has 8 heteroatoms. The third-order valence-corrected chi connectivity index (χ3v) is 6.67. The molecular weight excluding hydrogens is 357 g/mol. The Balaban J connectivity index is 2.78. The molecule has 1 atom stereocenters. The molecule has 1 heterocycles. The standard InChI is InChI=1S/C8H10BrCl2NO2S2/c1-5(3-10)4-12-16(13,14)7-2-6(11)8(9)15-7/h2,5,12H,3-4H2,1H3. The highest BCUT2D eigenvalue weighted by atomic mass is 79.9. The van der Waals surface area contributed by atoms with Gasteiger partial charge in [0, 0.05) is 12.4 Å². The van der Waals surface area contributed by atoms with E-state index in [-0.39, 0.29) is 10.1 Å². The summed E-state index contributed by atoms with van der Waals surface area (Å²) in [6, 6.07) is 1.42. The zero-order chi connectivity index (χ0) is 12.3. The van der Waals surface area contributed by atoms with E-state index in [4.69, 9.17) is 23.2 Å². The lowest BCUT2D eigenvalue weighted by molar-refractivity contribution is 0.563. The average molecular weight is 367 g/mol. The Morgan fingerprint density at radius 3 is 2.69 bits per heavy atom. The van der Waals surface area contributed by atoms with E-state index in [1.807, 2.05) is 6.92 Å². The first-order valence-corrected chi connectivity index (χ1v) is 8.37. The van der Waals surface area contributed by atoms with Crippen molar-refractivity contribution in [1.29, 1.82) is 0 Å². The van der Waals surface area contributed by atoms with E-state index in [1.54, 1.807) is 0 Å². The molecule has 1 rings (SSSR count). The molecule has 1 aromatic rings. The number of hydrogen-bond acceptors (Lipinski definition) is 3. The molecule has 0 saturated carbocycles. The fourth-order valence-corrected chi connectivity index (χ4v) is 4.55. The summed E-state index contributed by atoms with van der Waals surface area (Å²) in [4.78, 5) is 0. The fraction of sp³-hybridized carbons (Fsp3) is 0.500. The smallest absolute Gasteiger partial charge is 0.210 e. The first-order valence-electron chi connectivity index (χ1n) is 4.37. The lowest BCUT2D eigenvalue weighted by Crippen LogP contribution is -2.28. The molecule has 1 unspecified atom stereocenters. The van der Waals surface area contributed by atoms with Crippen molar-refractivity contribution in [2.75, 3.05) is 12.4 Å². The van der Waals surface area contributed by atoms with Crippen LogP contribution in [-0.4, -0.2) is 20.8 Å². The molecule has 0 aliphatic heterocycles. The molecule has 0 bridgehead atoms. The molecular formula is C8H10BrCl2NO2S2. The van der Waals surface area contributed by atoms with Gasteiger partial charge in [0.2, 0.25) is 10.0 Å². The third kappa shape index (κ3) is 3.85. The van der Waals surface area contributed by atoms with Crippen molar-refractivity contribution in [3.05, 3.63) is 14.9 Å². The Labute approximate surface area is 117 Å². The van der Waals surface area contributed by atoms with Crippen molar-refractivity contribution in [1.82, 2.24) is 4.72 Å². The second kappa shape index (κ2) is 6.02. The predicted octanol–water partition coefficient (Wildman–Crippen LogP) is 3.32. The van der Waals surface area contributed by atoms with Gasteiger partial charge in [0.25, 0.3) is 0 Å². The summed E-state index contributed by atoms with van der Waals surface area (Å²) < 4.78 is 26.9. The summed E-state index contributed by atoms with van der Waals surface area (Å²) in [7, 11) is -3.47. The van der Waals surface area contributed by atoms with Gasteiger partial charge in [-0.1, -0.05) is 18.5 Å². The molecule has 0 aliphatic rings. The van der Waals surface area contributed by atoms with Crippen LogP contribution in [0.1, 0.15) is 6.92 Å². The topological polar surface area (TPSA) is 46.2 Å². The van der Waals surface area contributed by atoms with Gasteiger partial charge in [-0.2, -0.15) is 0 Å². The van der Waals surface area contributed by atoms with Crippen LogP contribution in [0.3, 0.4) is 0 Å². The number of sulfonamides is 1. The number of nitrogens with one attached hydrogen (secondary N) is 1. The SMILES string of the molecule is CC(CCl)CNS(=O)(=O)c1cc(Cl)c(Br)s1. The quantitative estimate of drug-likeness (QED) is 0.812. The highest BCUT2D eigenvalue weighted by Crippen LogP contribution is 2.34. The second-order valence-electron chi connectivity index (χ2n) is 3.30. The van der Waals surface area contributed by atoms with Crippen LogP contribution in [0.25, 0.3) is 0 Å². The van der Waals surface area contributed by atoms with Crippen molar-refractivity contribution in [2.45, 2.75) is 11.1 Å². The van der Waals surface area contributed by atoms with Crippen molar-refractivity contribution in [2.24, 2.45) is 5.92 Å². The van der Waals surface area contributed by atoms with Crippen LogP contribution in [0, 0.1) is 5.92 Å². The van der Waals surface area contributed by atoms with Crippen molar-refractivity contribution >= 4 is 60.5 Å². The summed E-state index contributed by atoms with van der Waals surface area (Å²) in [5, 5.41) is 0.399. The summed E-state index contributed by atoms with van der Waals surface area (Å²) >= 11 is 15.6. The zero-order valence-electron chi connectivity index (χ0n) is 8.34. The van der Waals surface area contributed by atoms with Gasteiger partial charge >= 0.3 is 0 Å². The molecule has 3 nitrogen and oxygen atoms in total. The van der Waals surface area contributed by atoms with E-state index >= 15 is 0 Å². The van der Waals surface area contributed by atoms with Gasteiger partial charge in [-0.25, -0.2) is 13.1 Å². The third-order valence-electron chi connectivity index (χ3n) is 1.77. The van der Waals surface area contributed by atoms with Crippen LogP contribution >= 0.6 is 50.5 Å². The van der Waals surface area contributed by atoms with Gasteiger partial charge in [0.1, 0.15) is 4.21 Å². The first kappa shape index (κ1) is 14.7. The number of hydrogen-bond donors (Lipinski definition) is 1. The Morgan fingerprint density at radius 1 is 1.62 bits per heavy atom. The lowest BCUT2D eigenvalue weighted by Gasteiger charge is -2.08. The lowest BCUT2D eigenvalue weighted by atomic mass is 10.2. The van der Waals surface area contributed by atoms with E-state index < -0.39 is 10.0 Å². The Bertz CT molecular complexity index is 441. The van der Waals surface area contributed by atoms with E-state index in [2.05, 4.69) is 20.7 Å². The van der Waals surface area contributed by atoms with Crippen molar-refractivity contribution < 1.29 is 8.42 Å². The average Bonchev–Trinajstić information content (AvgIpc) is 2.56. The molecule has 1 N–H and O–H groups in total. The number of halogens is 3. The maximum Gasteiger partial charge on any atom is 0.250 e. The van der Waals surface area contributed by atoms with Crippen LogP contribution < -0.4 is 4.72 Å². The molecule has 92 valence electrons. The van der Waals surface area contributed by atoms with Crippen LogP contribution in [-0.2, 0) is 10.0 Å². The van der Waals surface area contributed by atoms with E-state index in [1.165, 1.54) is 6.07 Å². The molecule has 0 amide bonds. The highest BCUT2D eigenvalue weighted by Gasteiger charge is 2.19. The molecule has 16 heavy (non-hydrogen) atoms. The molecule has 1 aromatic heterocycles. The molecule has 0 radical (unpaired) electrons. The summed E-state index contributed by atoms with van der Waals surface area (Å²) in [5.41, 5.74) is 0. The molecule has 0 spiro atoms. The van der Waals surface area contributed by atoms with Crippen molar-refractivity contribution in [3.8, 4) is 0 Å². The van der Waals surface area contributed by atoms with Crippen LogP contribution in [0.2, 0.25) is 5.02 Å². The van der Waals surface area contributed by atoms with E-state index in [0.717, 1.165) is 11.3 Å². The fourth-order valence-electron chi connectivity index (χ4n) is 0.837. The Morgan fingerprint density at radius 2 is 2.25 bits per heavy atom. The summed E-state index contributed by atoms with van der Waals surface area (Å²) in [6.07, 6.45) is 0. The van der Waals surface area contributed by atoms with Gasteiger partial charge in [-0.05, 0) is 27.9 Å². The van der Waals surface area contributed by atoms with Gasteiger partial charge < -0.3 is 0 Å². The van der Waals surface area contributed by atoms with E-state index in [0.29, 0.717) is 21.2 Å². The van der Waals surface area contributed by atoms with Crippen LogP contribution in [0.5, 0.6) is 0 Å². The van der Waals surface area contributed by atoms with Gasteiger partial charge in [-0.3, -0.25) is 0 Å². The Hall–Kier alpha value is 0.670. The van der Waals surface area contributed by atoms with Gasteiger partial charge in [0.15, 0.2) is 0 Å². The van der Waals surface area contributed by atoms with Crippen molar-refractivity contribution in [3.63, 3.8) is 0 Å². The normalized spacial score (nSPS) is 14.0. The summed E-state index contributed by atoms with van der Waals surface area (Å²) in [5.74, 6) is 0.507. The van der Waals surface area contributed by atoms with Gasteiger partial charge in [0.05, 0.1) is 8.81 Å². The predicted molar refractivity (Wildman–Crippen MR) is 72.1 cm³/mol.